The first-order valence-electron chi connectivity index (χ1n) is 6.98. The lowest BCUT2D eigenvalue weighted by atomic mass is 10.2. The summed E-state index contributed by atoms with van der Waals surface area (Å²) in [6.07, 6.45) is 0. The Balaban J connectivity index is 2.23. The molecule has 0 saturated carbocycles. The van der Waals surface area contributed by atoms with E-state index >= 15 is 0 Å². The van der Waals surface area contributed by atoms with Gasteiger partial charge in [-0.05, 0) is 30.3 Å². The van der Waals surface area contributed by atoms with Crippen LogP contribution >= 0.6 is 15.9 Å². The fraction of sp³-hybridized carbons (Fsp3) is 0.176. The van der Waals surface area contributed by atoms with Crippen LogP contribution in [-0.2, 0) is 4.74 Å². The molecule has 24 heavy (non-hydrogen) atoms. The Morgan fingerprint density at radius 3 is 2.50 bits per heavy atom. The van der Waals surface area contributed by atoms with Crippen LogP contribution in [0.15, 0.2) is 46.9 Å². The fourth-order valence-electron chi connectivity index (χ4n) is 1.91. The monoisotopic (exact) mass is 394 g/mol. The highest BCUT2D eigenvalue weighted by atomic mass is 79.9. The summed E-state index contributed by atoms with van der Waals surface area (Å²) in [4.78, 5) is 23.7. The maximum absolute atomic E-state index is 12.4. The van der Waals surface area contributed by atoms with E-state index in [1.54, 1.807) is 37.4 Å². The zero-order valence-electron chi connectivity index (χ0n) is 12.8. The van der Waals surface area contributed by atoms with Gasteiger partial charge >= 0.3 is 11.9 Å². The number of methoxy groups -OCH3 is 1. The van der Waals surface area contributed by atoms with Crippen molar-refractivity contribution in [3.63, 3.8) is 0 Å². The van der Waals surface area contributed by atoms with Crippen molar-refractivity contribution in [2.75, 3.05) is 20.3 Å². The molecule has 6 nitrogen and oxygen atoms in total. The molecule has 0 aliphatic carbocycles. The number of carbonyl (C=O) groups is 2. The molecular formula is C17H15BrO6. The van der Waals surface area contributed by atoms with E-state index in [-0.39, 0.29) is 23.5 Å². The number of hydrogen-bond acceptors (Lipinski definition) is 5. The summed E-state index contributed by atoms with van der Waals surface area (Å²) in [6, 6.07) is 10.9. The molecule has 0 spiro atoms. The molecule has 0 unspecified atom stereocenters. The van der Waals surface area contributed by atoms with Crippen LogP contribution < -0.4 is 9.47 Å². The molecule has 0 bridgehead atoms. The molecule has 0 heterocycles. The van der Waals surface area contributed by atoms with Gasteiger partial charge in [-0.15, -0.1) is 0 Å². The molecule has 0 atom stereocenters. The predicted molar refractivity (Wildman–Crippen MR) is 89.9 cm³/mol. The Labute approximate surface area is 147 Å². The molecule has 0 amide bonds. The lowest BCUT2D eigenvalue weighted by Crippen LogP contribution is -2.14. The molecule has 0 fully saturated rings. The van der Waals surface area contributed by atoms with Gasteiger partial charge in [-0.25, -0.2) is 9.59 Å². The van der Waals surface area contributed by atoms with Gasteiger partial charge in [-0.3, -0.25) is 0 Å². The number of carboxylic acids is 1. The summed E-state index contributed by atoms with van der Waals surface area (Å²) in [5.41, 5.74) is 0.0865. The SMILES string of the molecule is COCCOc1ccccc1C(=O)Oc1ccc(Br)cc1C(=O)O. The molecule has 7 heteroatoms. The molecule has 2 aromatic rings. The van der Waals surface area contributed by atoms with Crippen molar-refractivity contribution in [1.82, 2.24) is 0 Å². The third kappa shape index (κ3) is 4.56. The first-order valence-corrected chi connectivity index (χ1v) is 7.78. The Morgan fingerprint density at radius 2 is 1.79 bits per heavy atom. The molecular weight excluding hydrogens is 380 g/mol. The second-order valence-corrected chi connectivity index (χ2v) is 5.59. The number of esters is 1. The molecule has 1 N–H and O–H groups in total. The molecule has 0 aliphatic rings. The third-order valence-electron chi connectivity index (χ3n) is 3.03. The van der Waals surface area contributed by atoms with Crippen molar-refractivity contribution >= 4 is 27.9 Å². The Morgan fingerprint density at radius 1 is 1.04 bits per heavy atom. The quantitative estimate of drug-likeness (QED) is 0.440. The lowest BCUT2D eigenvalue weighted by molar-refractivity contribution is 0.0680. The fourth-order valence-corrected chi connectivity index (χ4v) is 2.27. The number of para-hydroxylation sites is 1. The molecule has 2 rings (SSSR count). The van der Waals surface area contributed by atoms with Gasteiger partial charge in [-0.1, -0.05) is 28.1 Å². The van der Waals surface area contributed by atoms with E-state index in [1.165, 1.54) is 12.1 Å². The minimum absolute atomic E-state index is 0.0394. The normalized spacial score (nSPS) is 10.2. The van der Waals surface area contributed by atoms with E-state index < -0.39 is 11.9 Å². The van der Waals surface area contributed by atoms with Crippen molar-refractivity contribution in [2.24, 2.45) is 0 Å². The average molecular weight is 395 g/mol. The first kappa shape index (κ1) is 18.0. The van der Waals surface area contributed by atoms with Crippen molar-refractivity contribution < 1.29 is 28.9 Å². The number of aromatic carboxylic acids is 1. The smallest absolute Gasteiger partial charge is 0.347 e. The second kappa shape index (κ2) is 8.47. The van der Waals surface area contributed by atoms with Crippen LogP contribution in [0.5, 0.6) is 11.5 Å². The minimum atomic E-state index is -1.19. The summed E-state index contributed by atoms with van der Waals surface area (Å²) in [6.45, 7) is 0.651. The molecule has 0 aromatic heterocycles. The minimum Gasteiger partial charge on any atom is -0.490 e. The number of carboxylic acid groups (broad SMARTS) is 1. The van der Waals surface area contributed by atoms with Gasteiger partial charge in [0.25, 0.3) is 0 Å². The van der Waals surface area contributed by atoms with Gasteiger partial charge in [0.05, 0.1) is 6.61 Å². The summed E-state index contributed by atoms with van der Waals surface area (Å²) >= 11 is 3.19. The summed E-state index contributed by atoms with van der Waals surface area (Å²) in [5, 5.41) is 9.22. The zero-order valence-corrected chi connectivity index (χ0v) is 14.4. The van der Waals surface area contributed by atoms with E-state index in [1.807, 2.05) is 0 Å². The van der Waals surface area contributed by atoms with Crippen LogP contribution in [0.2, 0.25) is 0 Å². The second-order valence-electron chi connectivity index (χ2n) is 4.67. The zero-order chi connectivity index (χ0) is 17.5. The molecule has 0 saturated heterocycles. The van der Waals surface area contributed by atoms with Gasteiger partial charge in [0.2, 0.25) is 0 Å². The molecule has 2 aromatic carbocycles. The van der Waals surface area contributed by atoms with E-state index in [2.05, 4.69) is 15.9 Å². The highest BCUT2D eigenvalue weighted by Crippen LogP contribution is 2.26. The number of ether oxygens (including phenoxy) is 3. The molecule has 126 valence electrons. The van der Waals surface area contributed by atoms with Crippen molar-refractivity contribution in [1.29, 1.82) is 0 Å². The highest BCUT2D eigenvalue weighted by Gasteiger charge is 2.19. The van der Waals surface area contributed by atoms with Gasteiger partial charge < -0.3 is 19.3 Å². The van der Waals surface area contributed by atoms with Gasteiger partial charge in [0.15, 0.2) is 0 Å². The van der Waals surface area contributed by atoms with E-state index in [0.29, 0.717) is 16.8 Å². The van der Waals surface area contributed by atoms with E-state index in [9.17, 15) is 14.7 Å². The van der Waals surface area contributed by atoms with E-state index in [4.69, 9.17) is 14.2 Å². The largest absolute Gasteiger partial charge is 0.490 e. The lowest BCUT2D eigenvalue weighted by Gasteiger charge is -2.12. The highest BCUT2D eigenvalue weighted by molar-refractivity contribution is 9.10. The molecule has 0 aliphatic heterocycles. The van der Waals surface area contributed by atoms with Crippen LogP contribution in [0.4, 0.5) is 0 Å². The number of rotatable bonds is 7. The maximum Gasteiger partial charge on any atom is 0.347 e. The van der Waals surface area contributed by atoms with Crippen molar-refractivity contribution in [3.8, 4) is 11.5 Å². The molecule has 0 radical (unpaired) electrons. The van der Waals surface area contributed by atoms with Crippen LogP contribution in [0.1, 0.15) is 20.7 Å². The Hall–Kier alpha value is -2.38. The first-order chi connectivity index (χ1) is 11.5. The van der Waals surface area contributed by atoms with Crippen LogP contribution in [0.25, 0.3) is 0 Å². The van der Waals surface area contributed by atoms with Gasteiger partial charge in [0.1, 0.15) is 29.2 Å². The Bertz CT molecular complexity index is 744. The summed E-state index contributed by atoms with van der Waals surface area (Å²) in [7, 11) is 1.55. The number of hydrogen-bond donors (Lipinski definition) is 1. The third-order valence-corrected chi connectivity index (χ3v) is 3.52. The predicted octanol–water partition coefficient (Wildman–Crippen LogP) is 3.39. The number of benzene rings is 2. The van der Waals surface area contributed by atoms with Gasteiger partial charge in [-0.2, -0.15) is 0 Å². The van der Waals surface area contributed by atoms with Crippen LogP contribution in [0, 0.1) is 0 Å². The standard InChI is InChI=1S/C17H15BrO6/c1-22-8-9-23-14-5-3-2-4-12(14)17(21)24-15-7-6-11(18)10-13(15)16(19)20/h2-7,10H,8-9H2,1H3,(H,19,20). The topological polar surface area (TPSA) is 82.1 Å². The van der Waals surface area contributed by atoms with Gasteiger partial charge in [0, 0.05) is 11.6 Å². The van der Waals surface area contributed by atoms with Crippen LogP contribution in [-0.4, -0.2) is 37.4 Å². The maximum atomic E-state index is 12.4. The summed E-state index contributed by atoms with van der Waals surface area (Å²) < 4.78 is 16.2. The van der Waals surface area contributed by atoms with Crippen molar-refractivity contribution in [3.05, 3.63) is 58.1 Å². The average Bonchev–Trinajstić information content (AvgIpc) is 2.57. The number of carbonyl (C=O) groups excluding carboxylic acids is 1. The van der Waals surface area contributed by atoms with Crippen LogP contribution in [0.3, 0.4) is 0 Å². The number of halogens is 1. The Kier molecular flexibility index (Phi) is 6.34. The summed E-state index contributed by atoms with van der Waals surface area (Å²) in [5.74, 6) is -1.59. The van der Waals surface area contributed by atoms with E-state index in [0.717, 1.165) is 0 Å². The van der Waals surface area contributed by atoms with Crippen molar-refractivity contribution in [2.45, 2.75) is 0 Å².